The van der Waals surface area contributed by atoms with Gasteiger partial charge in [-0.3, -0.25) is 9.59 Å². The normalized spacial score (nSPS) is 10.2. The van der Waals surface area contributed by atoms with E-state index < -0.39 is 5.56 Å². The average Bonchev–Trinajstić information content (AvgIpc) is 2.46. The number of benzene rings is 1. The molecular weight excluding hydrogens is 306 g/mol. The molecule has 3 N–H and O–H groups in total. The van der Waals surface area contributed by atoms with E-state index in [4.69, 9.17) is 4.74 Å². The number of aromatic amines is 1. The molecule has 2 aromatic rings. The van der Waals surface area contributed by atoms with Crippen LogP contribution in [0.5, 0.6) is 11.6 Å². The molecule has 0 atom stereocenters. The Morgan fingerprint density at radius 2 is 2.23 bits per heavy atom. The topological polar surface area (TPSA) is 104 Å². The Balaban J connectivity index is 1.86. The first-order valence-electron chi connectivity index (χ1n) is 6.44. The van der Waals surface area contributed by atoms with E-state index in [0.29, 0.717) is 17.2 Å². The molecule has 0 fully saturated rings. The third-order valence-electron chi connectivity index (χ3n) is 2.66. The van der Waals surface area contributed by atoms with E-state index in [2.05, 4.69) is 15.3 Å². The molecule has 22 heavy (non-hydrogen) atoms. The second-order valence-corrected chi connectivity index (χ2v) is 5.34. The summed E-state index contributed by atoms with van der Waals surface area (Å²) in [5.74, 6) is 0.472. The Morgan fingerprint density at radius 1 is 1.45 bits per heavy atom. The second kappa shape index (κ2) is 7.51. The number of carbonyl (C=O) groups excluding carboxylic acids is 1. The summed E-state index contributed by atoms with van der Waals surface area (Å²) in [6, 6.07) is 8.10. The molecule has 0 aliphatic heterocycles. The Hall–Kier alpha value is -2.48. The molecule has 2 rings (SSSR count). The van der Waals surface area contributed by atoms with E-state index >= 15 is 0 Å². The van der Waals surface area contributed by atoms with Gasteiger partial charge in [0.15, 0.2) is 5.16 Å². The highest BCUT2D eigenvalue weighted by Crippen LogP contribution is 2.23. The molecule has 0 radical (unpaired) electrons. The molecule has 1 aromatic heterocycles. The molecule has 1 amide bonds. The largest absolute Gasteiger partial charge is 0.495 e. The number of nitrogens with zero attached hydrogens (tertiary/aromatic N) is 1. The van der Waals surface area contributed by atoms with Crippen molar-refractivity contribution < 1.29 is 14.6 Å². The quantitative estimate of drug-likeness (QED) is 0.551. The minimum atomic E-state index is -0.437. The summed E-state index contributed by atoms with van der Waals surface area (Å²) >= 11 is 1.18. The van der Waals surface area contributed by atoms with Crippen LogP contribution in [0.15, 0.2) is 40.3 Å². The summed E-state index contributed by atoms with van der Waals surface area (Å²) in [5, 5.41) is 12.2. The molecule has 0 aliphatic carbocycles. The van der Waals surface area contributed by atoms with Gasteiger partial charge < -0.3 is 20.1 Å². The fourth-order valence-corrected chi connectivity index (χ4v) is 2.50. The number of aromatic hydroxyl groups is 1. The molecule has 0 saturated carbocycles. The Kier molecular flexibility index (Phi) is 5.42. The first kappa shape index (κ1) is 15.9. The number of nitrogens with one attached hydrogen (secondary N) is 2. The van der Waals surface area contributed by atoms with Gasteiger partial charge in [0.1, 0.15) is 5.75 Å². The van der Waals surface area contributed by atoms with Gasteiger partial charge in [-0.05, 0) is 12.1 Å². The van der Waals surface area contributed by atoms with Gasteiger partial charge in [-0.2, -0.15) is 4.98 Å². The highest BCUT2D eigenvalue weighted by Gasteiger charge is 2.08. The fraction of sp³-hybridized carbons (Fsp3) is 0.214. The summed E-state index contributed by atoms with van der Waals surface area (Å²) in [5.41, 5.74) is 0.164. The standard InChI is InChI=1S/C14H15N3O4S/c1-21-10-5-3-2-4-9(10)15-11(18)6-7-22-14-16-12(19)8-13(20)17-14/h2-5,8H,6-7H2,1H3,(H,15,18)(H2,16,17,19,20). The molecule has 1 heterocycles. The van der Waals surface area contributed by atoms with E-state index in [1.165, 1.54) is 18.9 Å². The number of rotatable bonds is 6. The van der Waals surface area contributed by atoms with Crippen molar-refractivity contribution in [1.29, 1.82) is 0 Å². The van der Waals surface area contributed by atoms with Crippen LogP contribution in [0, 0.1) is 0 Å². The predicted molar refractivity (Wildman–Crippen MR) is 83.5 cm³/mol. The van der Waals surface area contributed by atoms with Gasteiger partial charge in [0.2, 0.25) is 11.8 Å². The maximum Gasteiger partial charge on any atom is 0.255 e. The summed E-state index contributed by atoms with van der Waals surface area (Å²) in [6.45, 7) is 0. The number of hydrogen-bond donors (Lipinski definition) is 3. The Morgan fingerprint density at radius 3 is 2.95 bits per heavy atom. The lowest BCUT2D eigenvalue weighted by molar-refractivity contribution is -0.115. The number of ether oxygens (including phenoxy) is 1. The van der Waals surface area contributed by atoms with Crippen molar-refractivity contribution >= 4 is 23.4 Å². The van der Waals surface area contributed by atoms with Crippen LogP contribution in [0.1, 0.15) is 6.42 Å². The van der Waals surface area contributed by atoms with Crippen molar-refractivity contribution in [2.24, 2.45) is 0 Å². The summed E-state index contributed by atoms with van der Waals surface area (Å²) in [7, 11) is 1.53. The van der Waals surface area contributed by atoms with Crippen LogP contribution in [0.2, 0.25) is 0 Å². The first-order chi connectivity index (χ1) is 10.6. The molecule has 0 bridgehead atoms. The van der Waals surface area contributed by atoms with Crippen molar-refractivity contribution in [1.82, 2.24) is 9.97 Å². The minimum Gasteiger partial charge on any atom is -0.495 e. The molecule has 7 nitrogen and oxygen atoms in total. The maximum absolute atomic E-state index is 11.9. The lowest BCUT2D eigenvalue weighted by Crippen LogP contribution is -2.13. The van der Waals surface area contributed by atoms with Gasteiger partial charge in [0.25, 0.3) is 5.56 Å². The van der Waals surface area contributed by atoms with E-state index in [0.717, 1.165) is 6.07 Å². The van der Waals surface area contributed by atoms with Crippen molar-refractivity contribution in [2.75, 3.05) is 18.2 Å². The minimum absolute atomic E-state index is 0.181. The Bertz CT molecular complexity index is 717. The molecule has 0 unspecified atom stereocenters. The molecule has 8 heteroatoms. The summed E-state index contributed by atoms with van der Waals surface area (Å²) in [6.07, 6.45) is 0.224. The molecule has 0 saturated heterocycles. The smallest absolute Gasteiger partial charge is 0.255 e. The van der Waals surface area contributed by atoms with Crippen LogP contribution < -0.4 is 15.6 Å². The first-order valence-corrected chi connectivity index (χ1v) is 7.43. The molecule has 116 valence electrons. The number of hydrogen-bond acceptors (Lipinski definition) is 6. The average molecular weight is 321 g/mol. The van der Waals surface area contributed by atoms with Crippen LogP contribution in [-0.4, -0.2) is 33.8 Å². The zero-order chi connectivity index (χ0) is 15.9. The van der Waals surface area contributed by atoms with Gasteiger partial charge in [-0.15, -0.1) is 0 Å². The van der Waals surface area contributed by atoms with Crippen molar-refractivity contribution in [2.45, 2.75) is 11.6 Å². The van der Waals surface area contributed by atoms with Crippen LogP contribution in [-0.2, 0) is 4.79 Å². The summed E-state index contributed by atoms with van der Waals surface area (Å²) < 4.78 is 5.15. The van der Waals surface area contributed by atoms with Gasteiger partial charge in [0, 0.05) is 12.2 Å². The third-order valence-corrected chi connectivity index (χ3v) is 3.53. The highest BCUT2D eigenvalue weighted by atomic mass is 32.2. The number of thioether (sulfide) groups is 1. The zero-order valence-corrected chi connectivity index (χ0v) is 12.6. The number of amides is 1. The summed E-state index contributed by atoms with van der Waals surface area (Å²) in [4.78, 5) is 29.3. The number of aromatic nitrogens is 2. The monoisotopic (exact) mass is 321 g/mol. The molecular formula is C14H15N3O4S. The molecule has 1 aromatic carbocycles. The maximum atomic E-state index is 11.9. The zero-order valence-electron chi connectivity index (χ0n) is 11.8. The molecule has 0 spiro atoms. The number of carbonyl (C=O) groups is 1. The van der Waals surface area contributed by atoms with E-state index in [-0.39, 0.29) is 23.4 Å². The lowest BCUT2D eigenvalue weighted by Gasteiger charge is -2.09. The van der Waals surface area contributed by atoms with Gasteiger partial charge in [-0.25, -0.2) is 0 Å². The second-order valence-electron chi connectivity index (χ2n) is 4.26. The van der Waals surface area contributed by atoms with E-state index in [1.807, 2.05) is 6.07 Å². The molecule has 0 aliphatic rings. The number of H-pyrrole nitrogens is 1. The van der Waals surface area contributed by atoms with E-state index in [9.17, 15) is 14.7 Å². The van der Waals surface area contributed by atoms with Crippen molar-refractivity contribution in [3.63, 3.8) is 0 Å². The van der Waals surface area contributed by atoms with E-state index in [1.54, 1.807) is 18.2 Å². The number of methoxy groups -OCH3 is 1. The third kappa shape index (κ3) is 4.52. The van der Waals surface area contributed by atoms with Gasteiger partial charge in [-0.1, -0.05) is 23.9 Å². The van der Waals surface area contributed by atoms with Crippen molar-refractivity contribution in [3.05, 3.63) is 40.7 Å². The fourth-order valence-electron chi connectivity index (χ4n) is 1.69. The predicted octanol–water partition coefficient (Wildman–Crippen LogP) is 1.60. The van der Waals surface area contributed by atoms with Gasteiger partial charge >= 0.3 is 0 Å². The van der Waals surface area contributed by atoms with Crippen molar-refractivity contribution in [3.8, 4) is 11.6 Å². The van der Waals surface area contributed by atoms with Gasteiger partial charge in [0.05, 0.1) is 18.9 Å². The van der Waals surface area contributed by atoms with Crippen LogP contribution in [0.3, 0.4) is 0 Å². The van der Waals surface area contributed by atoms with Crippen LogP contribution in [0.25, 0.3) is 0 Å². The SMILES string of the molecule is COc1ccccc1NC(=O)CCSc1nc(O)cc(=O)[nH]1. The number of anilines is 1. The Labute approximate surface area is 130 Å². The lowest BCUT2D eigenvalue weighted by atomic mass is 10.3. The van der Waals surface area contributed by atoms with Crippen LogP contribution in [0.4, 0.5) is 5.69 Å². The number of para-hydroxylation sites is 2. The highest BCUT2D eigenvalue weighted by molar-refractivity contribution is 7.99. The van der Waals surface area contributed by atoms with Crippen LogP contribution >= 0.6 is 11.8 Å².